The van der Waals surface area contributed by atoms with Gasteiger partial charge in [-0.3, -0.25) is 0 Å². The van der Waals surface area contributed by atoms with E-state index in [-0.39, 0.29) is 5.75 Å². The largest absolute Gasteiger partial charge is 0.573 e. The zero-order chi connectivity index (χ0) is 49.9. The molecule has 4 unspecified atom stereocenters. The molecule has 6 aromatic rings. The Morgan fingerprint density at radius 1 is 0.478 bits per heavy atom. The van der Waals surface area contributed by atoms with Crippen molar-refractivity contribution in [1.29, 1.82) is 0 Å². The zero-order valence-corrected chi connectivity index (χ0v) is 35.8. The van der Waals surface area contributed by atoms with Gasteiger partial charge in [0.05, 0.1) is 25.2 Å². The maximum atomic E-state index is 13.9. The quantitative estimate of drug-likeness (QED) is 0.133. The monoisotopic (exact) mass is 980 g/mol. The van der Waals surface area contributed by atoms with Crippen LogP contribution in [0.4, 0.5) is 68.5 Å². The van der Waals surface area contributed by atoms with E-state index in [1.54, 1.807) is 66.7 Å². The summed E-state index contributed by atoms with van der Waals surface area (Å²) in [7, 11) is 0. The fraction of sp³-hybridized carbons (Fsp3) is 0.280. The number of benzene rings is 6. The minimum Gasteiger partial charge on any atom is -0.406 e. The summed E-state index contributed by atoms with van der Waals surface area (Å²) in [6.45, 7) is -1.46. The average molecular weight is 981 g/mol. The Bertz CT molecular complexity index is 2690. The highest BCUT2D eigenvalue weighted by Crippen LogP contribution is 2.46. The number of rotatable bonds is 10. The molecule has 0 saturated carbocycles. The van der Waals surface area contributed by atoms with Crippen molar-refractivity contribution in [2.45, 2.75) is 75.1 Å². The van der Waals surface area contributed by atoms with E-state index in [9.17, 15) is 67.3 Å². The second-order valence-corrected chi connectivity index (χ2v) is 16.3. The second-order valence-electron chi connectivity index (χ2n) is 16.3. The van der Waals surface area contributed by atoms with Crippen LogP contribution in [0.5, 0.6) is 11.5 Å². The summed E-state index contributed by atoms with van der Waals surface area (Å²) >= 11 is 0. The smallest absolute Gasteiger partial charge is 0.406 e. The van der Waals surface area contributed by atoms with Crippen molar-refractivity contribution in [2.75, 3.05) is 22.9 Å². The van der Waals surface area contributed by atoms with E-state index < -0.39 is 74.0 Å². The van der Waals surface area contributed by atoms with Crippen LogP contribution in [-0.4, -0.2) is 60.6 Å². The van der Waals surface area contributed by atoms with E-state index in [1.807, 2.05) is 18.2 Å². The molecule has 0 amide bonds. The van der Waals surface area contributed by atoms with E-state index in [1.165, 1.54) is 58.3 Å². The molecule has 2 heterocycles. The number of aliphatic hydroxyl groups is 2. The third-order valence-corrected chi connectivity index (χ3v) is 11.7. The molecule has 6 aromatic carbocycles. The van der Waals surface area contributed by atoms with Crippen LogP contribution < -0.4 is 19.3 Å². The predicted molar refractivity (Wildman–Crippen MR) is 231 cm³/mol. The van der Waals surface area contributed by atoms with Gasteiger partial charge in [-0.05, 0) is 119 Å². The van der Waals surface area contributed by atoms with Gasteiger partial charge in [0.1, 0.15) is 17.3 Å². The van der Waals surface area contributed by atoms with Gasteiger partial charge in [-0.15, -0.1) is 26.3 Å². The number of ether oxygens (including phenoxy) is 2. The topological polar surface area (TPSA) is 65.4 Å². The highest BCUT2D eigenvalue weighted by atomic mass is 19.4. The molecule has 2 N–H and O–H groups in total. The van der Waals surface area contributed by atoms with Crippen molar-refractivity contribution in [1.82, 2.24) is 0 Å². The van der Waals surface area contributed by atoms with Crippen LogP contribution in [0.15, 0.2) is 140 Å². The summed E-state index contributed by atoms with van der Waals surface area (Å²) in [5, 5.41) is 19.7. The Morgan fingerprint density at radius 3 is 1.30 bits per heavy atom. The van der Waals surface area contributed by atoms with Crippen molar-refractivity contribution < 1.29 is 76.8 Å². The molecule has 0 saturated heterocycles. The SMILES string of the molecule is OC(CN1c2cccc(-c3cccc(OC(F)(F)F)c3)c2CCC1c1cccc(F)c1)C(F)(F)F.OC(CN1c2cccc(-c3cccc(OC(F)(F)F)c3)c2CCC1c1ccccc1)C(F)(F)F. The summed E-state index contributed by atoms with van der Waals surface area (Å²) in [4.78, 5) is 2.91. The summed E-state index contributed by atoms with van der Waals surface area (Å²) in [5.74, 6) is -1.35. The Morgan fingerprint density at radius 2 is 0.884 bits per heavy atom. The number of fused-ring (bicyclic) bond motifs is 2. The van der Waals surface area contributed by atoms with Gasteiger partial charge in [0.2, 0.25) is 0 Å². The highest BCUT2D eigenvalue weighted by molar-refractivity contribution is 5.78. The first-order chi connectivity index (χ1) is 32.4. The maximum absolute atomic E-state index is 13.9. The van der Waals surface area contributed by atoms with Crippen LogP contribution in [0.25, 0.3) is 22.3 Å². The molecule has 0 bridgehead atoms. The van der Waals surface area contributed by atoms with Crippen LogP contribution in [0, 0.1) is 5.82 Å². The fourth-order valence-corrected chi connectivity index (χ4v) is 8.80. The number of nitrogens with zero attached hydrogens (tertiary/aromatic N) is 2. The van der Waals surface area contributed by atoms with E-state index in [4.69, 9.17) is 0 Å². The number of anilines is 2. The molecule has 8 rings (SSSR count). The highest BCUT2D eigenvalue weighted by Gasteiger charge is 2.43. The molecule has 2 aliphatic heterocycles. The molecular formula is C50H41F13N2O4. The number of hydrogen-bond acceptors (Lipinski definition) is 6. The molecule has 2 aliphatic rings. The van der Waals surface area contributed by atoms with Crippen molar-refractivity contribution in [3.63, 3.8) is 0 Å². The van der Waals surface area contributed by atoms with Gasteiger partial charge in [-0.2, -0.15) is 26.3 Å². The molecule has 4 atom stereocenters. The molecule has 6 nitrogen and oxygen atoms in total. The molecule has 19 heteroatoms. The van der Waals surface area contributed by atoms with Crippen molar-refractivity contribution in [2.24, 2.45) is 0 Å². The van der Waals surface area contributed by atoms with Crippen LogP contribution in [0.1, 0.15) is 47.2 Å². The number of halogens is 13. The Labute approximate surface area is 386 Å². The normalized spacial score (nSPS) is 17.2. The van der Waals surface area contributed by atoms with Gasteiger partial charge in [0.15, 0.2) is 12.2 Å². The van der Waals surface area contributed by atoms with Crippen LogP contribution in [0.2, 0.25) is 0 Å². The maximum Gasteiger partial charge on any atom is 0.573 e. The number of β-amino-alcohol motifs (C(OH)–C–C–N with tert-alkyl or cyclic N) is 2. The van der Waals surface area contributed by atoms with E-state index in [0.29, 0.717) is 76.0 Å². The first-order valence-electron chi connectivity index (χ1n) is 21.2. The Hall–Kier alpha value is -6.47. The molecule has 366 valence electrons. The molecule has 0 aliphatic carbocycles. The van der Waals surface area contributed by atoms with Crippen molar-refractivity contribution >= 4 is 11.4 Å². The second kappa shape index (κ2) is 20.2. The van der Waals surface area contributed by atoms with Gasteiger partial charge in [0, 0.05) is 11.4 Å². The summed E-state index contributed by atoms with van der Waals surface area (Å²) in [6, 6.07) is 34.2. The van der Waals surface area contributed by atoms with E-state index in [2.05, 4.69) is 9.47 Å². The minimum atomic E-state index is -4.88. The van der Waals surface area contributed by atoms with E-state index in [0.717, 1.165) is 11.6 Å². The van der Waals surface area contributed by atoms with Gasteiger partial charge in [-0.25, -0.2) is 4.39 Å². The molecule has 69 heavy (non-hydrogen) atoms. The van der Waals surface area contributed by atoms with Crippen LogP contribution >= 0.6 is 0 Å². The third kappa shape index (κ3) is 12.6. The van der Waals surface area contributed by atoms with Gasteiger partial charge in [0.25, 0.3) is 0 Å². The molecule has 0 spiro atoms. The van der Waals surface area contributed by atoms with Gasteiger partial charge < -0.3 is 29.5 Å². The van der Waals surface area contributed by atoms with Gasteiger partial charge in [-0.1, -0.05) is 91.0 Å². The lowest BCUT2D eigenvalue weighted by atomic mass is 9.86. The molecule has 0 aromatic heterocycles. The van der Waals surface area contributed by atoms with Crippen molar-refractivity contribution in [3.05, 3.63) is 168 Å². The summed E-state index contributed by atoms with van der Waals surface area (Å²) in [6.07, 6.45) is -23.0. The molecule has 0 fully saturated rings. The van der Waals surface area contributed by atoms with E-state index >= 15 is 0 Å². The average Bonchev–Trinajstić information content (AvgIpc) is 3.27. The fourth-order valence-electron chi connectivity index (χ4n) is 8.80. The van der Waals surface area contributed by atoms with Crippen molar-refractivity contribution in [3.8, 4) is 33.8 Å². The summed E-state index contributed by atoms with van der Waals surface area (Å²) < 4.78 is 178. The van der Waals surface area contributed by atoms with Crippen LogP contribution in [0.3, 0.4) is 0 Å². The molecular weight excluding hydrogens is 940 g/mol. The zero-order valence-electron chi connectivity index (χ0n) is 35.8. The number of hydrogen-bond donors (Lipinski definition) is 2. The standard InChI is InChI=1S/C25H20F7NO2.C25H21F6NO2/c26-17-6-1-5-16(12-17)21-11-10-20-19(15-4-2-7-18(13-15)35-25(30,31)32)8-3-9-22(20)33(21)14-23(34)24(27,28)29;26-24(27,28)23(33)15-32-21(16-6-2-1-3-7-16)13-12-20-19(10-5-11-22(20)32)17-8-4-9-18(14-17)34-25(29,30)31/h1-9,12-13,21,23,34H,10-11,14H2;1-11,14,21,23,33H,12-13,15H2. The van der Waals surface area contributed by atoms with Crippen LogP contribution in [-0.2, 0) is 12.8 Å². The lowest BCUT2D eigenvalue weighted by Gasteiger charge is -2.41. The number of alkyl halides is 12. The first-order valence-corrected chi connectivity index (χ1v) is 21.2. The predicted octanol–water partition coefficient (Wildman–Crippen LogP) is 13.5. The third-order valence-electron chi connectivity index (χ3n) is 11.7. The Kier molecular flexibility index (Phi) is 14.8. The lowest BCUT2D eigenvalue weighted by Crippen LogP contribution is -2.44. The summed E-state index contributed by atoms with van der Waals surface area (Å²) in [5.41, 5.74) is 5.44. The van der Waals surface area contributed by atoms with Gasteiger partial charge >= 0.3 is 25.1 Å². The number of aliphatic hydroxyl groups excluding tert-OH is 2. The first kappa shape index (κ1) is 50.4. The minimum absolute atomic E-state index is 0.302. The lowest BCUT2D eigenvalue weighted by molar-refractivity contribution is -0.275. The molecule has 0 radical (unpaired) electrons. The Balaban J connectivity index is 0.000000204.